The van der Waals surface area contributed by atoms with E-state index in [2.05, 4.69) is 20.9 Å². The van der Waals surface area contributed by atoms with Crippen LogP contribution in [0.5, 0.6) is 0 Å². The third kappa shape index (κ3) is 14.1. The van der Waals surface area contributed by atoms with Crippen LogP contribution in [0.3, 0.4) is 0 Å². The number of carbonyl (C=O) groups excluding carboxylic acids is 3. The lowest BCUT2D eigenvalue weighted by atomic mass is 10.0. The molecule has 4 atom stereocenters. The molecule has 35 heavy (non-hydrogen) atoms. The summed E-state index contributed by atoms with van der Waals surface area (Å²) in [6, 6.07) is -4.49. The summed E-state index contributed by atoms with van der Waals surface area (Å²) in [5.41, 5.74) is 22.0. The number of hydrogen-bond donors (Lipinski definition) is 9. The minimum atomic E-state index is -1.52. The highest BCUT2D eigenvalue weighted by Crippen LogP contribution is 2.08. The lowest BCUT2D eigenvalue weighted by Gasteiger charge is -2.26. The van der Waals surface area contributed by atoms with E-state index in [0.717, 1.165) is 0 Å². The van der Waals surface area contributed by atoms with Crippen LogP contribution in [0.2, 0.25) is 0 Å². The Kier molecular flexibility index (Phi) is 16.0. The molecule has 0 saturated carbocycles. The van der Waals surface area contributed by atoms with Gasteiger partial charge in [-0.3, -0.25) is 19.4 Å². The molecule has 0 spiro atoms. The third-order valence-corrected chi connectivity index (χ3v) is 5.02. The Hall–Kier alpha value is -2.97. The SMILES string of the molecule is CC(C)CC(NC(=O)C(CCCN=C(N)N)NC(=O)C(N)CCCCN)C(=O)NC(CO)C(=O)O. The molecule has 0 bridgehead atoms. The quantitative estimate of drug-likeness (QED) is 0.0523. The lowest BCUT2D eigenvalue weighted by molar-refractivity contribution is -0.143. The molecular formula is C21H42N8O6. The fourth-order valence-corrected chi connectivity index (χ4v) is 3.12. The van der Waals surface area contributed by atoms with E-state index in [0.29, 0.717) is 32.2 Å². The molecule has 13 N–H and O–H groups in total. The van der Waals surface area contributed by atoms with E-state index in [-0.39, 0.29) is 31.3 Å². The van der Waals surface area contributed by atoms with Crippen molar-refractivity contribution in [1.82, 2.24) is 16.0 Å². The summed E-state index contributed by atoms with van der Waals surface area (Å²) in [5, 5.41) is 25.7. The van der Waals surface area contributed by atoms with Gasteiger partial charge in [-0.25, -0.2) is 4.79 Å². The molecule has 3 amide bonds. The van der Waals surface area contributed by atoms with Crippen LogP contribution in [0, 0.1) is 5.92 Å². The summed E-state index contributed by atoms with van der Waals surface area (Å²) < 4.78 is 0. The maximum absolute atomic E-state index is 13.1. The zero-order valence-electron chi connectivity index (χ0n) is 20.5. The van der Waals surface area contributed by atoms with E-state index in [1.165, 1.54) is 0 Å². The van der Waals surface area contributed by atoms with Crippen molar-refractivity contribution in [3.63, 3.8) is 0 Å². The number of aliphatic hydroxyl groups excluding tert-OH is 1. The monoisotopic (exact) mass is 502 g/mol. The Morgan fingerprint density at radius 2 is 1.43 bits per heavy atom. The Morgan fingerprint density at radius 1 is 0.857 bits per heavy atom. The Morgan fingerprint density at radius 3 is 1.94 bits per heavy atom. The molecule has 0 saturated heterocycles. The van der Waals surface area contributed by atoms with E-state index in [9.17, 15) is 24.3 Å². The van der Waals surface area contributed by atoms with Crippen molar-refractivity contribution in [2.24, 2.45) is 33.8 Å². The van der Waals surface area contributed by atoms with Gasteiger partial charge in [-0.1, -0.05) is 20.3 Å². The summed E-state index contributed by atoms with van der Waals surface area (Å²) in [7, 11) is 0. The maximum Gasteiger partial charge on any atom is 0.328 e. The molecule has 0 aliphatic heterocycles. The molecule has 0 radical (unpaired) electrons. The number of carbonyl (C=O) groups is 4. The third-order valence-electron chi connectivity index (χ3n) is 5.02. The first kappa shape index (κ1) is 32.0. The van der Waals surface area contributed by atoms with Gasteiger partial charge in [-0.05, 0) is 44.6 Å². The number of guanidine groups is 1. The number of aliphatic imine (C=N–C) groups is 1. The molecule has 0 rings (SSSR count). The minimum absolute atomic E-state index is 0.0330. The number of hydrogen-bond acceptors (Lipinski definition) is 8. The summed E-state index contributed by atoms with van der Waals surface area (Å²) in [4.78, 5) is 53.3. The summed E-state index contributed by atoms with van der Waals surface area (Å²) >= 11 is 0. The van der Waals surface area contributed by atoms with Crippen LogP contribution in [-0.2, 0) is 19.2 Å². The van der Waals surface area contributed by atoms with Crippen molar-refractivity contribution >= 4 is 29.7 Å². The van der Waals surface area contributed by atoms with Crippen molar-refractivity contribution in [2.75, 3.05) is 19.7 Å². The Balaban J connectivity index is 5.47. The van der Waals surface area contributed by atoms with Gasteiger partial charge in [0.2, 0.25) is 17.7 Å². The summed E-state index contributed by atoms with van der Waals surface area (Å²) in [6.45, 7) is 3.53. The molecule has 4 unspecified atom stereocenters. The van der Waals surface area contributed by atoms with E-state index in [1.807, 2.05) is 13.8 Å². The van der Waals surface area contributed by atoms with Gasteiger partial charge in [0.25, 0.3) is 0 Å². The number of nitrogens with one attached hydrogen (secondary N) is 3. The number of nitrogens with zero attached hydrogens (tertiary/aromatic N) is 1. The highest BCUT2D eigenvalue weighted by Gasteiger charge is 2.30. The van der Waals surface area contributed by atoms with Gasteiger partial charge in [-0.2, -0.15) is 0 Å². The molecule has 0 aliphatic carbocycles. The van der Waals surface area contributed by atoms with Gasteiger partial charge in [0.15, 0.2) is 5.96 Å². The van der Waals surface area contributed by atoms with Gasteiger partial charge < -0.3 is 49.1 Å². The number of carboxylic acid groups (broad SMARTS) is 1. The molecule has 14 heteroatoms. The fourth-order valence-electron chi connectivity index (χ4n) is 3.12. The van der Waals surface area contributed by atoms with E-state index in [1.54, 1.807) is 0 Å². The van der Waals surface area contributed by atoms with Gasteiger partial charge >= 0.3 is 5.97 Å². The average Bonchev–Trinajstić information content (AvgIpc) is 2.77. The van der Waals surface area contributed by atoms with Crippen molar-refractivity contribution in [3.05, 3.63) is 0 Å². The topological polar surface area (TPSA) is 261 Å². The predicted octanol–water partition coefficient (Wildman–Crippen LogP) is -2.93. The number of amides is 3. The van der Waals surface area contributed by atoms with E-state index in [4.69, 9.17) is 28.0 Å². The first-order valence-corrected chi connectivity index (χ1v) is 11.7. The van der Waals surface area contributed by atoms with Crippen LogP contribution >= 0.6 is 0 Å². The number of carboxylic acids is 1. The van der Waals surface area contributed by atoms with Gasteiger partial charge in [0.1, 0.15) is 18.1 Å². The highest BCUT2D eigenvalue weighted by molar-refractivity contribution is 5.94. The maximum atomic E-state index is 13.1. The number of unbranched alkanes of at least 4 members (excludes halogenated alkanes) is 1. The van der Waals surface area contributed by atoms with Crippen LogP contribution < -0.4 is 38.9 Å². The molecule has 0 heterocycles. The molecule has 0 aliphatic rings. The number of rotatable bonds is 18. The average molecular weight is 503 g/mol. The van der Waals surface area contributed by atoms with Crippen molar-refractivity contribution in [3.8, 4) is 0 Å². The minimum Gasteiger partial charge on any atom is -0.480 e. The number of aliphatic carboxylic acids is 1. The normalized spacial score (nSPS) is 14.3. The second-order valence-electron chi connectivity index (χ2n) is 8.67. The second kappa shape index (κ2) is 17.5. The van der Waals surface area contributed by atoms with Crippen LogP contribution in [-0.4, -0.2) is 83.7 Å². The smallest absolute Gasteiger partial charge is 0.328 e. The van der Waals surface area contributed by atoms with Crippen molar-refractivity contribution < 1.29 is 29.4 Å². The Labute approximate surface area is 205 Å². The molecule has 0 aromatic rings. The summed E-state index contributed by atoms with van der Waals surface area (Å²) in [6.07, 6.45) is 2.46. The molecule has 0 aromatic heterocycles. The zero-order chi connectivity index (χ0) is 27.0. The van der Waals surface area contributed by atoms with Gasteiger partial charge in [0.05, 0.1) is 12.6 Å². The van der Waals surface area contributed by atoms with Gasteiger partial charge in [0, 0.05) is 6.54 Å². The first-order valence-electron chi connectivity index (χ1n) is 11.7. The van der Waals surface area contributed by atoms with Crippen molar-refractivity contribution in [1.29, 1.82) is 0 Å². The number of aliphatic hydroxyl groups is 1. The number of nitrogens with two attached hydrogens (primary N) is 4. The molecule has 14 nitrogen and oxygen atoms in total. The lowest BCUT2D eigenvalue weighted by Crippen LogP contribution is -2.57. The van der Waals surface area contributed by atoms with Crippen LogP contribution in [0.1, 0.15) is 52.4 Å². The molecule has 0 fully saturated rings. The second-order valence-corrected chi connectivity index (χ2v) is 8.67. The van der Waals surface area contributed by atoms with Crippen LogP contribution in [0.15, 0.2) is 4.99 Å². The van der Waals surface area contributed by atoms with Crippen LogP contribution in [0.25, 0.3) is 0 Å². The predicted molar refractivity (Wildman–Crippen MR) is 131 cm³/mol. The molecular weight excluding hydrogens is 460 g/mol. The highest BCUT2D eigenvalue weighted by atomic mass is 16.4. The van der Waals surface area contributed by atoms with Gasteiger partial charge in [-0.15, -0.1) is 0 Å². The molecule has 0 aromatic carbocycles. The van der Waals surface area contributed by atoms with E-state index >= 15 is 0 Å². The fraction of sp³-hybridized carbons (Fsp3) is 0.762. The Bertz CT molecular complexity index is 714. The zero-order valence-corrected chi connectivity index (χ0v) is 20.5. The van der Waals surface area contributed by atoms with Crippen molar-refractivity contribution in [2.45, 2.75) is 76.5 Å². The van der Waals surface area contributed by atoms with Crippen LogP contribution in [0.4, 0.5) is 0 Å². The first-order chi connectivity index (χ1) is 16.4. The largest absolute Gasteiger partial charge is 0.480 e. The summed E-state index contributed by atoms with van der Waals surface area (Å²) in [5.74, 6) is -3.49. The molecule has 202 valence electrons. The standard InChI is InChI=1S/C21H42N8O6/c1-12(2)10-15(19(33)29-16(11-30)20(34)35)28-18(32)14(7-5-9-26-21(24)25)27-17(31)13(23)6-3-4-8-22/h12-16,30H,3-11,22-23H2,1-2H3,(H,27,31)(H,28,32)(H,29,33)(H,34,35)(H4,24,25,26). The van der Waals surface area contributed by atoms with E-state index < -0.39 is 54.5 Å².